The highest BCUT2D eigenvalue weighted by atomic mass is 19.4. The summed E-state index contributed by atoms with van der Waals surface area (Å²) in [6, 6.07) is 4.27. The van der Waals surface area contributed by atoms with Gasteiger partial charge in [0.1, 0.15) is 5.84 Å². The summed E-state index contributed by atoms with van der Waals surface area (Å²) in [5.74, 6) is -0.563. The Bertz CT molecular complexity index is 505. The third-order valence-corrected chi connectivity index (χ3v) is 3.88. The molecule has 0 aliphatic heterocycles. The van der Waals surface area contributed by atoms with Gasteiger partial charge in [-0.05, 0) is 31.0 Å². The quantitative estimate of drug-likeness (QED) is 0.661. The van der Waals surface area contributed by atoms with Crippen molar-refractivity contribution in [3.8, 4) is 0 Å². The predicted octanol–water partition coefficient (Wildman–Crippen LogP) is 3.37. The molecule has 3 nitrogen and oxygen atoms in total. The molecule has 6 heteroatoms. The Hall–Kier alpha value is -1.72. The third-order valence-electron chi connectivity index (χ3n) is 3.88. The molecule has 0 spiro atoms. The molecule has 1 aliphatic rings. The number of amidine groups is 1. The van der Waals surface area contributed by atoms with Crippen LogP contribution in [0.15, 0.2) is 18.2 Å². The van der Waals surface area contributed by atoms with E-state index in [2.05, 4.69) is 0 Å². The number of benzene rings is 1. The molecule has 0 radical (unpaired) electrons. The molecule has 0 amide bonds. The summed E-state index contributed by atoms with van der Waals surface area (Å²) < 4.78 is 39.2. The molecule has 0 aromatic heterocycles. The van der Waals surface area contributed by atoms with Gasteiger partial charge in [0.05, 0.1) is 5.56 Å². The van der Waals surface area contributed by atoms with Gasteiger partial charge in [-0.2, -0.15) is 13.2 Å². The van der Waals surface area contributed by atoms with E-state index in [1.807, 2.05) is 11.9 Å². The summed E-state index contributed by atoms with van der Waals surface area (Å²) in [4.78, 5) is 1.89. The van der Waals surface area contributed by atoms with Crippen molar-refractivity contribution in [1.82, 2.24) is 0 Å². The van der Waals surface area contributed by atoms with Crippen LogP contribution < -0.4 is 10.6 Å². The summed E-state index contributed by atoms with van der Waals surface area (Å²) in [6.45, 7) is 0. The van der Waals surface area contributed by atoms with Crippen molar-refractivity contribution in [2.24, 2.45) is 5.73 Å². The largest absolute Gasteiger partial charge is 0.417 e. The maximum atomic E-state index is 13.1. The Kier molecular flexibility index (Phi) is 3.92. The average Bonchev–Trinajstić information content (AvgIpc) is 2.89. The molecule has 3 N–H and O–H groups in total. The number of rotatable bonds is 3. The van der Waals surface area contributed by atoms with Crippen molar-refractivity contribution in [1.29, 1.82) is 5.41 Å². The van der Waals surface area contributed by atoms with Gasteiger partial charge in [0.2, 0.25) is 0 Å². The summed E-state index contributed by atoms with van der Waals surface area (Å²) in [5.41, 5.74) is 4.65. The van der Waals surface area contributed by atoms with Gasteiger partial charge in [0.15, 0.2) is 0 Å². The molecule has 0 atom stereocenters. The number of halogens is 3. The Morgan fingerprint density at radius 2 is 1.90 bits per heavy atom. The van der Waals surface area contributed by atoms with Crippen molar-refractivity contribution in [3.05, 3.63) is 29.3 Å². The smallest absolute Gasteiger partial charge is 0.384 e. The van der Waals surface area contributed by atoms with Gasteiger partial charge in [-0.3, -0.25) is 5.41 Å². The maximum Gasteiger partial charge on any atom is 0.417 e. The van der Waals surface area contributed by atoms with E-state index in [0.29, 0.717) is 11.7 Å². The van der Waals surface area contributed by atoms with Crippen LogP contribution in [-0.2, 0) is 6.18 Å². The minimum Gasteiger partial charge on any atom is -0.384 e. The van der Waals surface area contributed by atoms with Crippen LogP contribution in [0.2, 0.25) is 0 Å². The second-order valence-electron chi connectivity index (χ2n) is 5.19. The van der Waals surface area contributed by atoms with Crippen LogP contribution in [-0.4, -0.2) is 18.9 Å². The first-order chi connectivity index (χ1) is 9.30. The highest BCUT2D eigenvalue weighted by Gasteiger charge is 2.35. The lowest BCUT2D eigenvalue weighted by Crippen LogP contribution is -2.29. The summed E-state index contributed by atoms with van der Waals surface area (Å²) in [7, 11) is 1.82. The predicted molar refractivity (Wildman–Crippen MR) is 73.1 cm³/mol. The van der Waals surface area contributed by atoms with E-state index in [1.54, 1.807) is 6.07 Å². The zero-order chi connectivity index (χ0) is 14.9. The Morgan fingerprint density at radius 1 is 1.30 bits per heavy atom. The molecular weight excluding hydrogens is 267 g/mol. The number of nitrogens with zero attached hydrogens (tertiary/aromatic N) is 1. The molecule has 110 valence electrons. The van der Waals surface area contributed by atoms with Crippen LogP contribution in [0.25, 0.3) is 0 Å². The highest BCUT2D eigenvalue weighted by Crippen LogP contribution is 2.35. The van der Waals surface area contributed by atoms with Gasteiger partial charge in [-0.1, -0.05) is 12.8 Å². The van der Waals surface area contributed by atoms with Gasteiger partial charge >= 0.3 is 6.18 Å². The number of anilines is 1. The summed E-state index contributed by atoms with van der Waals surface area (Å²) in [6.07, 6.45) is -0.258. The monoisotopic (exact) mass is 285 g/mol. The van der Waals surface area contributed by atoms with Crippen LogP contribution in [0.3, 0.4) is 0 Å². The lowest BCUT2D eigenvalue weighted by Gasteiger charge is -2.27. The normalized spacial score (nSPS) is 16.4. The molecule has 1 aliphatic carbocycles. The SMILES string of the molecule is CN(c1ccc(C(=N)N)c(C(F)(F)F)c1)C1CCCC1. The molecule has 0 bridgehead atoms. The second-order valence-corrected chi connectivity index (χ2v) is 5.19. The van der Waals surface area contributed by atoms with E-state index in [9.17, 15) is 13.2 Å². The van der Waals surface area contributed by atoms with Crippen molar-refractivity contribution < 1.29 is 13.2 Å². The fourth-order valence-corrected chi connectivity index (χ4v) is 2.72. The van der Waals surface area contributed by atoms with Gasteiger partial charge in [-0.25, -0.2) is 0 Å². The second kappa shape index (κ2) is 5.34. The topological polar surface area (TPSA) is 53.1 Å². The molecule has 1 aromatic carbocycles. The fraction of sp³-hybridized carbons (Fsp3) is 0.500. The van der Waals surface area contributed by atoms with Crippen LogP contribution in [0.5, 0.6) is 0 Å². The molecule has 0 saturated heterocycles. The van der Waals surface area contributed by atoms with E-state index < -0.39 is 17.6 Å². The molecule has 0 heterocycles. The highest BCUT2D eigenvalue weighted by molar-refractivity contribution is 5.97. The first-order valence-corrected chi connectivity index (χ1v) is 6.59. The van der Waals surface area contributed by atoms with Gasteiger partial charge in [0, 0.05) is 24.3 Å². The Balaban J connectivity index is 2.38. The van der Waals surface area contributed by atoms with E-state index >= 15 is 0 Å². The average molecular weight is 285 g/mol. The van der Waals surface area contributed by atoms with Crippen molar-refractivity contribution in [3.63, 3.8) is 0 Å². The number of nitrogens with one attached hydrogen (secondary N) is 1. The maximum absolute atomic E-state index is 13.1. The lowest BCUT2D eigenvalue weighted by molar-refractivity contribution is -0.137. The molecule has 1 fully saturated rings. The number of hydrogen-bond acceptors (Lipinski definition) is 2. The number of nitrogen functional groups attached to an aromatic ring is 1. The van der Waals surface area contributed by atoms with Crippen LogP contribution in [0, 0.1) is 5.41 Å². The minimum absolute atomic E-state index is 0.263. The van der Waals surface area contributed by atoms with Crippen LogP contribution in [0.1, 0.15) is 36.8 Å². The zero-order valence-corrected chi connectivity index (χ0v) is 11.3. The lowest BCUT2D eigenvalue weighted by atomic mass is 10.0. The first kappa shape index (κ1) is 14.7. The summed E-state index contributed by atoms with van der Waals surface area (Å²) >= 11 is 0. The van der Waals surface area contributed by atoms with Gasteiger partial charge in [-0.15, -0.1) is 0 Å². The van der Waals surface area contributed by atoms with E-state index in [0.717, 1.165) is 31.7 Å². The van der Waals surface area contributed by atoms with Crippen molar-refractivity contribution >= 4 is 11.5 Å². The fourth-order valence-electron chi connectivity index (χ4n) is 2.72. The Morgan fingerprint density at radius 3 is 2.40 bits per heavy atom. The van der Waals surface area contributed by atoms with E-state index in [4.69, 9.17) is 11.1 Å². The first-order valence-electron chi connectivity index (χ1n) is 6.59. The molecule has 1 saturated carbocycles. The van der Waals surface area contributed by atoms with Crippen LogP contribution in [0.4, 0.5) is 18.9 Å². The van der Waals surface area contributed by atoms with Crippen molar-refractivity contribution in [2.75, 3.05) is 11.9 Å². The van der Waals surface area contributed by atoms with Gasteiger partial charge < -0.3 is 10.6 Å². The third kappa shape index (κ3) is 2.89. The molecular formula is C14H18F3N3. The number of alkyl halides is 3. The molecule has 20 heavy (non-hydrogen) atoms. The molecule has 0 unspecified atom stereocenters. The number of nitrogens with two attached hydrogens (primary N) is 1. The number of hydrogen-bond donors (Lipinski definition) is 2. The van der Waals surface area contributed by atoms with Gasteiger partial charge in [0.25, 0.3) is 0 Å². The standard InChI is InChI=1S/C14H18F3N3/c1-20(9-4-2-3-5-9)10-6-7-11(13(18)19)12(8-10)14(15,16)17/h6-9H,2-5H2,1H3,(H3,18,19). The molecule has 2 rings (SSSR count). The van der Waals surface area contributed by atoms with E-state index in [-0.39, 0.29) is 5.56 Å². The summed E-state index contributed by atoms with van der Waals surface area (Å²) in [5, 5.41) is 7.27. The van der Waals surface area contributed by atoms with E-state index in [1.165, 1.54) is 6.07 Å². The minimum atomic E-state index is -4.51. The molecule has 1 aromatic rings. The van der Waals surface area contributed by atoms with Crippen LogP contribution >= 0.6 is 0 Å². The Labute approximate surface area is 116 Å². The van der Waals surface area contributed by atoms with Crippen molar-refractivity contribution in [2.45, 2.75) is 37.9 Å². The zero-order valence-electron chi connectivity index (χ0n) is 11.3.